The lowest BCUT2D eigenvalue weighted by atomic mass is 10.2. The van der Waals surface area contributed by atoms with Gasteiger partial charge in [0.05, 0.1) is 22.3 Å². The van der Waals surface area contributed by atoms with E-state index in [4.69, 9.17) is 11.6 Å². The van der Waals surface area contributed by atoms with Crippen molar-refractivity contribution in [1.29, 1.82) is 0 Å². The van der Waals surface area contributed by atoms with E-state index in [9.17, 15) is 4.79 Å². The Morgan fingerprint density at radius 1 is 1.48 bits per heavy atom. The molecule has 2 aromatic heterocycles. The Morgan fingerprint density at radius 3 is 2.90 bits per heavy atom. The zero-order chi connectivity index (χ0) is 15.2. The second kappa shape index (κ2) is 7.49. The number of aryl methyl sites for hydroxylation is 1. The van der Waals surface area contributed by atoms with Crippen LogP contribution in [0.2, 0.25) is 5.02 Å². The van der Waals surface area contributed by atoms with E-state index in [1.807, 2.05) is 12.3 Å². The number of hydrogen-bond acceptors (Lipinski definition) is 5. The molecule has 0 radical (unpaired) electrons. The van der Waals surface area contributed by atoms with Crippen molar-refractivity contribution in [3.8, 4) is 0 Å². The Labute approximate surface area is 132 Å². The fourth-order valence-electron chi connectivity index (χ4n) is 1.67. The van der Waals surface area contributed by atoms with E-state index >= 15 is 0 Å². The molecule has 0 saturated heterocycles. The highest BCUT2D eigenvalue weighted by Gasteiger charge is 2.11. The normalized spacial score (nSPS) is 12.1. The number of thiazole rings is 1. The first-order valence-corrected chi connectivity index (χ1v) is 7.93. The first-order chi connectivity index (χ1) is 10.1. The fourth-order valence-corrected chi connectivity index (χ4v) is 2.62. The maximum atomic E-state index is 11.8. The Kier molecular flexibility index (Phi) is 5.67. The number of anilines is 1. The molecule has 2 aromatic rings. The predicted octanol–water partition coefficient (Wildman–Crippen LogP) is 3.04. The van der Waals surface area contributed by atoms with Gasteiger partial charge in [0, 0.05) is 17.6 Å². The molecule has 0 unspecified atom stereocenters. The molecule has 0 aliphatic rings. The summed E-state index contributed by atoms with van der Waals surface area (Å²) < 4.78 is 0. The summed E-state index contributed by atoms with van der Waals surface area (Å²) in [6, 6.07) is 3.38. The van der Waals surface area contributed by atoms with Gasteiger partial charge in [0.2, 0.25) is 5.91 Å². The summed E-state index contributed by atoms with van der Waals surface area (Å²) in [6.45, 7) is 4.26. The lowest BCUT2D eigenvalue weighted by molar-refractivity contribution is -0.115. The monoisotopic (exact) mass is 324 g/mol. The highest BCUT2D eigenvalue weighted by atomic mass is 35.5. The Balaban J connectivity index is 1.81. The lowest BCUT2D eigenvalue weighted by Crippen LogP contribution is -2.30. The van der Waals surface area contributed by atoms with E-state index in [1.165, 1.54) is 6.20 Å². The largest absolute Gasteiger partial charge is 0.310 e. The van der Waals surface area contributed by atoms with Crippen LogP contribution in [0.1, 0.15) is 30.6 Å². The molecular formula is C14H17ClN4OS. The zero-order valence-corrected chi connectivity index (χ0v) is 13.5. The summed E-state index contributed by atoms with van der Waals surface area (Å²) in [6.07, 6.45) is 2.43. The quantitative estimate of drug-likeness (QED) is 0.857. The van der Waals surface area contributed by atoms with Gasteiger partial charge in [-0.25, -0.2) is 9.97 Å². The van der Waals surface area contributed by atoms with Crippen molar-refractivity contribution in [3.05, 3.63) is 39.4 Å². The van der Waals surface area contributed by atoms with Gasteiger partial charge in [-0.2, -0.15) is 0 Å². The van der Waals surface area contributed by atoms with Gasteiger partial charge >= 0.3 is 0 Å². The minimum absolute atomic E-state index is 0.0328. The SMILES string of the molecule is CCc1nc([C@@H](C)NCC(=O)Nc2ccc(Cl)cn2)cs1. The third-order valence-corrected chi connectivity index (χ3v) is 4.11. The molecule has 2 rings (SSSR count). The molecule has 0 fully saturated rings. The van der Waals surface area contributed by atoms with Gasteiger partial charge in [0.1, 0.15) is 5.82 Å². The average molecular weight is 325 g/mol. The molecule has 7 heteroatoms. The van der Waals surface area contributed by atoms with Crippen molar-refractivity contribution in [1.82, 2.24) is 15.3 Å². The van der Waals surface area contributed by atoms with Crippen LogP contribution >= 0.6 is 22.9 Å². The highest BCUT2D eigenvalue weighted by molar-refractivity contribution is 7.09. The second-order valence-corrected chi connectivity index (χ2v) is 5.91. The number of hydrogen-bond donors (Lipinski definition) is 2. The number of nitrogens with zero attached hydrogens (tertiary/aromatic N) is 2. The first-order valence-electron chi connectivity index (χ1n) is 6.67. The van der Waals surface area contributed by atoms with Crippen molar-refractivity contribution in [2.75, 3.05) is 11.9 Å². The van der Waals surface area contributed by atoms with Crippen LogP contribution in [-0.2, 0) is 11.2 Å². The Hall–Kier alpha value is -1.50. The number of carbonyl (C=O) groups excluding carboxylic acids is 1. The number of aromatic nitrogens is 2. The van der Waals surface area contributed by atoms with Gasteiger partial charge in [-0.15, -0.1) is 11.3 Å². The van der Waals surface area contributed by atoms with E-state index in [1.54, 1.807) is 23.5 Å². The number of rotatable bonds is 6. The van der Waals surface area contributed by atoms with Crippen molar-refractivity contribution >= 4 is 34.7 Å². The highest BCUT2D eigenvalue weighted by Crippen LogP contribution is 2.16. The summed E-state index contributed by atoms with van der Waals surface area (Å²) in [7, 11) is 0. The van der Waals surface area contributed by atoms with Gasteiger partial charge in [-0.1, -0.05) is 18.5 Å². The minimum Gasteiger partial charge on any atom is -0.310 e. The molecule has 2 N–H and O–H groups in total. The maximum absolute atomic E-state index is 11.8. The van der Waals surface area contributed by atoms with Crippen LogP contribution in [0.25, 0.3) is 0 Å². The third-order valence-electron chi connectivity index (χ3n) is 2.88. The molecule has 112 valence electrons. The molecular weight excluding hydrogens is 308 g/mol. The molecule has 5 nitrogen and oxygen atoms in total. The zero-order valence-electron chi connectivity index (χ0n) is 11.9. The number of carbonyl (C=O) groups is 1. The summed E-state index contributed by atoms with van der Waals surface area (Å²) >= 11 is 7.38. The molecule has 1 amide bonds. The number of halogens is 1. The third kappa shape index (κ3) is 4.77. The van der Waals surface area contributed by atoms with E-state index in [2.05, 4.69) is 27.5 Å². The predicted molar refractivity (Wildman–Crippen MR) is 85.8 cm³/mol. The molecule has 0 saturated carbocycles. The summed E-state index contributed by atoms with van der Waals surface area (Å²) in [4.78, 5) is 20.3. The number of nitrogens with one attached hydrogen (secondary N) is 2. The van der Waals surface area contributed by atoms with Crippen LogP contribution in [0.15, 0.2) is 23.7 Å². The molecule has 1 atom stereocenters. The summed E-state index contributed by atoms with van der Waals surface area (Å²) in [5, 5.41) is 9.51. The van der Waals surface area contributed by atoms with Gasteiger partial charge in [0.25, 0.3) is 0 Å². The van der Waals surface area contributed by atoms with Gasteiger partial charge in [-0.3, -0.25) is 4.79 Å². The van der Waals surface area contributed by atoms with Crippen LogP contribution in [0, 0.1) is 0 Å². The molecule has 0 aliphatic carbocycles. The van der Waals surface area contributed by atoms with E-state index < -0.39 is 0 Å². The van der Waals surface area contributed by atoms with Crippen molar-refractivity contribution < 1.29 is 4.79 Å². The van der Waals surface area contributed by atoms with Crippen LogP contribution < -0.4 is 10.6 Å². The fraction of sp³-hybridized carbons (Fsp3) is 0.357. The maximum Gasteiger partial charge on any atom is 0.239 e. The van der Waals surface area contributed by atoms with Crippen molar-refractivity contribution in [2.45, 2.75) is 26.3 Å². The van der Waals surface area contributed by atoms with Crippen molar-refractivity contribution in [2.24, 2.45) is 0 Å². The van der Waals surface area contributed by atoms with Gasteiger partial charge in [0.15, 0.2) is 0 Å². The van der Waals surface area contributed by atoms with Gasteiger partial charge < -0.3 is 10.6 Å². The Bertz CT molecular complexity index is 599. The van der Waals surface area contributed by atoms with Crippen molar-refractivity contribution in [3.63, 3.8) is 0 Å². The molecule has 2 heterocycles. The van der Waals surface area contributed by atoms with Crippen LogP contribution in [0.3, 0.4) is 0 Å². The number of pyridine rings is 1. The Morgan fingerprint density at radius 2 is 2.29 bits per heavy atom. The van der Waals surface area contributed by atoms with Crippen LogP contribution in [0.4, 0.5) is 5.82 Å². The van der Waals surface area contributed by atoms with E-state index in [-0.39, 0.29) is 18.5 Å². The van der Waals surface area contributed by atoms with E-state index in [0.29, 0.717) is 10.8 Å². The molecule has 0 bridgehead atoms. The molecule has 21 heavy (non-hydrogen) atoms. The first kappa shape index (κ1) is 15.9. The lowest BCUT2D eigenvalue weighted by Gasteiger charge is -2.11. The molecule has 0 spiro atoms. The van der Waals surface area contributed by atoms with Gasteiger partial charge in [-0.05, 0) is 25.5 Å². The average Bonchev–Trinajstić information content (AvgIpc) is 2.96. The minimum atomic E-state index is -0.150. The van der Waals surface area contributed by atoms with Crippen LogP contribution in [-0.4, -0.2) is 22.4 Å². The molecule has 0 aliphatic heterocycles. The summed E-state index contributed by atoms with van der Waals surface area (Å²) in [5.74, 6) is 0.336. The molecule has 0 aromatic carbocycles. The second-order valence-electron chi connectivity index (χ2n) is 4.53. The number of amides is 1. The smallest absolute Gasteiger partial charge is 0.239 e. The topological polar surface area (TPSA) is 66.9 Å². The summed E-state index contributed by atoms with van der Waals surface area (Å²) in [5.41, 5.74) is 0.967. The van der Waals surface area contributed by atoms with Crippen LogP contribution in [0.5, 0.6) is 0 Å². The van der Waals surface area contributed by atoms with E-state index in [0.717, 1.165) is 17.1 Å². The standard InChI is InChI=1S/C14H17ClN4OS/c1-3-14-18-11(8-21-14)9(2)16-7-13(20)19-12-5-4-10(15)6-17-12/h4-6,8-9,16H,3,7H2,1-2H3,(H,17,19,20)/t9-/m1/s1.